The van der Waals surface area contributed by atoms with Gasteiger partial charge >= 0.3 is 12.2 Å². The second-order valence-corrected chi connectivity index (χ2v) is 13.2. The van der Waals surface area contributed by atoms with Gasteiger partial charge in [0, 0.05) is 45.1 Å². The van der Waals surface area contributed by atoms with E-state index in [4.69, 9.17) is 47.9 Å². The molecule has 2 aromatic heterocycles. The van der Waals surface area contributed by atoms with Crippen LogP contribution in [0.2, 0.25) is 10.3 Å². The smallest absolute Gasteiger partial charge is 0.410 e. The molecule has 2 fully saturated rings. The van der Waals surface area contributed by atoms with E-state index in [1.54, 1.807) is 9.80 Å². The Morgan fingerprint density at radius 2 is 1.25 bits per heavy atom. The van der Waals surface area contributed by atoms with Crippen molar-refractivity contribution >= 4 is 52.8 Å². The number of nitrogens with one attached hydrogen (secondary N) is 1. The SMILES string of the molecule is C.CC(C)(C)OC(=O)N1CCC(=O)CC1.COc1cnc(Cl)c(N)n1.COc1cnc(Cl)c(NC2CCN(C(=O)OC(C)(C)C)CC2)n1. The zero-order chi connectivity index (χ0) is 35.4. The number of hydrogen-bond acceptors (Lipinski definition) is 13. The molecular formula is C31H50Cl2N8O7. The monoisotopic (exact) mass is 716 g/mol. The van der Waals surface area contributed by atoms with Gasteiger partial charge in [-0.25, -0.2) is 19.6 Å². The Morgan fingerprint density at radius 1 is 0.812 bits per heavy atom. The number of piperidine rings is 2. The number of nitrogens with zero attached hydrogens (tertiary/aromatic N) is 6. The second kappa shape index (κ2) is 19.2. The van der Waals surface area contributed by atoms with E-state index in [2.05, 4.69) is 25.3 Å². The fourth-order valence-electron chi connectivity index (χ4n) is 4.01. The summed E-state index contributed by atoms with van der Waals surface area (Å²) in [5, 5.41) is 3.77. The fraction of sp³-hybridized carbons (Fsp3) is 0.645. The third-order valence-electron chi connectivity index (χ3n) is 6.31. The zero-order valence-electron chi connectivity index (χ0n) is 28.3. The van der Waals surface area contributed by atoms with Gasteiger partial charge in [0.05, 0.1) is 26.6 Å². The summed E-state index contributed by atoms with van der Waals surface area (Å²) < 4.78 is 20.4. The van der Waals surface area contributed by atoms with E-state index in [-0.39, 0.29) is 42.4 Å². The average molecular weight is 718 g/mol. The third kappa shape index (κ3) is 15.4. The number of aromatic nitrogens is 4. The van der Waals surface area contributed by atoms with Crippen LogP contribution >= 0.6 is 23.2 Å². The first-order valence-electron chi connectivity index (χ1n) is 15.0. The molecule has 0 saturated carbocycles. The predicted octanol–water partition coefficient (Wildman–Crippen LogP) is 5.89. The summed E-state index contributed by atoms with van der Waals surface area (Å²) in [5.74, 6) is 1.68. The topological polar surface area (TPSA) is 184 Å². The Kier molecular flexibility index (Phi) is 16.9. The number of ether oxygens (including phenoxy) is 4. The molecule has 48 heavy (non-hydrogen) atoms. The number of halogens is 2. The van der Waals surface area contributed by atoms with Crippen LogP contribution in [-0.2, 0) is 14.3 Å². The van der Waals surface area contributed by atoms with Crippen molar-refractivity contribution in [1.82, 2.24) is 29.7 Å². The highest BCUT2D eigenvalue weighted by Gasteiger charge is 2.28. The van der Waals surface area contributed by atoms with Gasteiger partial charge in [-0.3, -0.25) is 4.79 Å². The van der Waals surface area contributed by atoms with Gasteiger partial charge in [0.25, 0.3) is 0 Å². The Hall–Kier alpha value is -3.85. The van der Waals surface area contributed by atoms with E-state index in [1.165, 1.54) is 26.6 Å². The molecule has 0 aromatic carbocycles. The molecule has 2 saturated heterocycles. The van der Waals surface area contributed by atoms with Crippen molar-refractivity contribution in [3.63, 3.8) is 0 Å². The molecule has 15 nitrogen and oxygen atoms in total. The van der Waals surface area contributed by atoms with Crippen molar-refractivity contribution in [3.8, 4) is 11.8 Å². The number of hydrogen-bond donors (Lipinski definition) is 2. The van der Waals surface area contributed by atoms with Crippen LogP contribution < -0.4 is 20.5 Å². The van der Waals surface area contributed by atoms with Crippen molar-refractivity contribution in [2.24, 2.45) is 0 Å². The number of likely N-dealkylation sites (tertiary alicyclic amines) is 2. The Bertz CT molecular complexity index is 1340. The van der Waals surface area contributed by atoms with Crippen LogP contribution in [0.3, 0.4) is 0 Å². The molecule has 2 amide bonds. The van der Waals surface area contributed by atoms with Gasteiger partial charge in [0.1, 0.15) is 17.0 Å². The maximum Gasteiger partial charge on any atom is 0.410 e. The summed E-state index contributed by atoms with van der Waals surface area (Å²) in [4.78, 5) is 53.5. The Labute approximate surface area is 293 Å². The average Bonchev–Trinajstić information content (AvgIpc) is 2.99. The van der Waals surface area contributed by atoms with E-state index >= 15 is 0 Å². The fourth-order valence-corrected chi connectivity index (χ4v) is 4.25. The number of amides is 2. The van der Waals surface area contributed by atoms with Crippen LogP contribution in [0, 0.1) is 0 Å². The minimum Gasteiger partial charge on any atom is -0.480 e. The normalized spacial score (nSPS) is 15.0. The number of anilines is 2. The molecule has 270 valence electrons. The zero-order valence-corrected chi connectivity index (χ0v) is 29.8. The summed E-state index contributed by atoms with van der Waals surface area (Å²) >= 11 is 11.5. The molecule has 0 radical (unpaired) electrons. The van der Waals surface area contributed by atoms with E-state index < -0.39 is 11.2 Å². The third-order valence-corrected chi connectivity index (χ3v) is 6.88. The van der Waals surface area contributed by atoms with Crippen LogP contribution in [0.1, 0.15) is 74.7 Å². The van der Waals surface area contributed by atoms with Crippen LogP contribution in [0.5, 0.6) is 11.8 Å². The van der Waals surface area contributed by atoms with Crippen molar-refractivity contribution in [2.75, 3.05) is 51.4 Å². The summed E-state index contributed by atoms with van der Waals surface area (Å²) in [6.07, 6.45) is 4.78. The van der Waals surface area contributed by atoms with Crippen molar-refractivity contribution in [1.29, 1.82) is 0 Å². The molecule has 4 heterocycles. The lowest BCUT2D eigenvalue weighted by atomic mass is 10.1. The first kappa shape index (κ1) is 42.2. The Morgan fingerprint density at radius 3 is 1.69 bits per heavy atom. The second-order valence-electron chi connectivity index (χ2n) is 12.5. The lowest BCUT2D eigenvalue weighted by Gasteiger charge is -2.33. The molecular weight excluding hydrogens is 667 g/mol. The highest BCUT2D eigenvalue weighted by Crippen LogP contribution is 2.24. The highest BCUT2D eigenvalue weighted by molar-refractivity contribution is 6.31. The van der Waals surface area contributed by atoms with Gasteiger partial charge in [-0.05, 0) is 54.4 Å². The molecule has 17 heteroatoms. The minimum absolute atomic E-state index is 0. The quantitative estimate of drug-likeness (QED) is 0.382. The highest BCUT2D eigenvalue weighted by atomic mass is 35.5. The van der Waals surface area contributed by atoms with E-state index in [0.717, 1.165) is 12.8 Å². The molecule has 0 aliphatic carbocycles. The van der Waals surface area contributed by atoms with Crippen LogP contribution in [0.25, 0.3) is 0 Å². The standard InChI is InChI=1S/C15H23ClN4O3.C10H17NO3.C5H6ClN3O.CH4/c1-15(2,3)23-14(21)20-7-5-10(6-8-20)18-13-12(16)17-9-11(19-13)22-4;1-10(2,3)14-9(13)11-6-4-8(12)5-7-11;1-10-3-2-8-4(6)5(7)9-3;/h9-10H,5-8H2,1-4H3,(H,18,19);4-7H2,1-3H3;2H,1H3,(H2,7,9);1H4. The van der Waals surface area contributed by atoms with Crippen molar-refractivity contribution in [3.05, 3.63) is 22.7 Å². The Balaban J connectivity index is 0.000000392. The van der Waals surface area contributed by atoms with Crippen LogP contribution in [0.4, 0.5) is 21.2 Å². The van der Waals surface area contributed by atoms with Gasteiger partial charge in [-0.15, -0.1) is 0 Å². The number of carbonyl (C=O) groups excluding carboxylic acids is 3. The van der Waals surface area contributed by atoms with Crippen LogP contribution in [0.15, 0.2) is 12.4 Å². The molecule has 0 unspecified atom stereocenters. The number of rotatable bonds is 4. The molecule has 0 spiro atoms. The number of nitrogens with two attached hydrogens (primary N) is 1. The molecule has 2 aliphatic heterocycles. The molecule has 4 rings (SSSR count). The lowest BCUT2D eigenvalue weighted by Crippen LogP contribution is -2.44. The van der Waals surface area contributed by atoms with Gasteiger partial charge in [-0.1, -0.05) is 30.6 Å². The van der Waals surface area contributed by atoms with E-state index in [9.17, 15) is 14.4 Å². The minimum atomic E-state index is -0.476. The van der Waals surface area contributed by atoms with Gasteiger partial charge in [0.15, 0.2) is 21.9 Å². The maximum absolute atomic E-state index is 12.0. The first-order valence-corrected chi connectivity index (χ1v) is 15.8. The summed E-state index contributed by atoms with van der Waals surface area (Å²) in [7, 11) is 3.01. The number of methoxy groups -OCH3 is 2. The van der Waals surface area contributed by atoms with Gasteiger partial charge in [0.2, 0.25) is 11.8 Å². The molecule has 2 aromatic rings. The lowest BCUT2D eigenvalue weighted by molar-refractivity contribution is -0.121. The van der Waals surface area contributed by atoms with Crippen molar-refractivity contribution < 1.29 is 33.3 Å². The largest absolute Gasteiger partial charge is 0.480 e. The maximum atomic E-state index is 12.0. The van der Waals surface area contributed by atoms with E-state index in [1.807, 2.05) is 41.5 Å². The molecule has 3 N–H and O–H groups in total. The number of carbonyl (C=O) groups is 3. The van der Waals surface area contributed by atoms with Crippen LogP contribution in [-0.4, -0.2) is 105 Å². The summed E-state index contributed by atoms with van der Waals surface area (Å²) in [6, 6.07) is 0.174. The molecule has 0 bridgehead atoms. The first-order chi connectivity index (χ1) is 21.9. The molecule has 0 atom stereocenters. The summed E-state index contributed by atoms with van der Waals surface area (Å²) in [5.41, 5.74) is 4.37. The molecule has 2 aliphatic rings. The van der Waals surface area contributed by atoms with Crippen molar-refractivity contribution in [2.45, 2.75) is 91.9 Å². The number of nitrogen functional groups attached to an aromatic ring is 1. The summed E-state index contributed by atoms with van der Waals surface area (Å²) in [6.45, 7) is 13.3. The number of Topliss-reactive ketones (excluding diaryl/α,β-unsaturated/α-hetero) is 1. The van der Waals surface area contributed by atoms with E-state index in [0.29, 0.717) is 61.8 Å². The van der Waals surface area contributed by atoms with Gasteiger partial charge in [-0.2, -0.15) is 9.97 Å². The predicted molar refractivity (Wildman–Crippen MR) is 185 cm³/mol. The van der Waals surface area contributed by atoms with Gasteiger partial charge < -0.3 is 39.8 Å². The number of ketones is 1.